The Balaban J connectivity index is 2.06. The second kappa shape index (κ2) is 9.96. The number of methoxy groups -OCH3 is 1. The molecule has 0 aromatic heterocycles. The third kappa shape index (κ3) is 4.89. The number of aliphatic carboxylic acids is 1. The van der Waals surface area contributed by atoms with E-state index in [1.165, 1.54) is 0 Å². The minimum atomic E-state index is -0.887. The van der Waals surface area contributed by atoms with E-state index in [1.54, 1.807) is 7.11 Å². The minimum absolute atomic E-state index is 0.0523. The number of morpholine rings is 1. The number of carbonyl (C=O) groups is 1. The molecule has 1 unspecified atom stereocenters. The Hall–Kier alpha value is -1.86. The van der Waals surface area contributed by atoms with Gasteiger partial charge in [-0.25, -0.2) is 4.79 Å². The molecule has 0 bridgehead atoms. The number of nitrogens with zero attached hydrogens (tertiary/aromatic N) is 2. The summed E-state index contributed by atoms with van der Waals surface area (Å²) in [5.74, 6) is -0.834. The number of hydrogen-bond acceptors (Lipinski definition) is 5. The molecule has 2 atom stereocenters. The molecule has 2 aliphatic rings. The summed E-state index contributed by atoms with van der Waals surface area (Å²) in [5.41, 5.74) is 3.12. The van der Waals surface area contributed by atoms with Gasteiger partial charge < -0.3 is 19.5 Å². The number of benzene rings is 1. The number of ether oxygens (including phenoxy) is 2. The largest absolute Gasteiger partial charge is 0.478 e. The molecule has 3 rings (SSSR count). The van der Waals surface area contributed by atoms with Crippen molar-refractivity contribution in [3.8, 4) is 0 Å². The summed E-state index contributed by atoms with van der Waals surface area (Å²) < 4.78 is 11.1. The van der Waals surface area contributed by atoms with Crippen LogP contribution < -0.4 is 0 Å². The highest BCUT2D eigenvalue weighted by atomic mass is 35.5. The van der Waals surface area contributed by atoms with Crippen LogP contribution in [0.15, 0.2) is 47.2 Å². The van der Waals surface area contributed by atoms with E-state index in [1.807, 2.05) is 31.2 Å². The molecular formula is C23H31ClN2O4. The molecule has 30 heavy (non-hydrogen) atoms. The lowest BCUT2D eigenvalue weighted by atomic mass is 9.91. The van der Waals surface area contributed by atoms with Gasteiger partial charge in [0.25, 0.3) is 0 Å². The molecule has 7 heteroatoms. The predicted molar refractivity (Wildman–Crippen MR) is 117 cm³/mol. The van der Waals surface area contributed by atoms with Crippen LogP contribution in [0.2, 0.25) is 5.02 Å². The van der Waals surface area contributed by atoms with Gasteiger partial charge >= 0.3 is 5.97 Å². The van der Waals surface area contributed by atoms with Crippen LogP contribution >= 0.6 is 11.6 Å². The van der Waals surface area contributed by atoms with E-state index < -0.39 is 5.97 Å². The van der Waals surface area contributed by atoms with Crippen LogP contribution in [0.1, 0.15) is 26.3 Å². The van der Waals surface area contributed by atoms with Gasteiger partial charge in [-0.3, -0.25) is 4.90 Å². The standard InChI is InChI=1S/C23H31ClN2O4/c1-15(2)22-21(23(27)28)16(3)11-20(25-9-10-30-14-19(25)13-29-4)26(22)12-17-5-7-18(24)8-6-17/h5-8,11,15,19-20H,9-10,12-14H2,1-4H3,(H,27,28)/t19-,20?/m0/s1. The third-order valence-corrected chi connectivity index (χ3v) is 5.93. The zero-order valence-corrected chi connectivity index (χ0v) is 18.9. The molecule has 1 fully saturated rings. The van der Waals surface area contributed by atoms with E-state index >= 15 is 0 Å². The minimum Gasteiger partial charge on any atom is -0.478 e. The highest BCUT2D eigenvalue weighted by molar-refractivity contribution is 6.30. The molecule has 0 aliphatic carbocycles. The molecule has 1 N–H and O–H groups in total. The van der Waals surface area contributed by atoms with Crippen LogP contribution in [0, 0.1) is 5.92 Å². The van der Waals surface area contributed by atoms with E-state index in [-0.39, 0.29) is 18.1 Å². The highest BCUT2D eigenvalue weighted by Crippen LogP contribution is 2.35. The fraction of sp³-hybridized carbons (Fsp3) is 0.522. The fourth-order valence-electron chi connectivity index (χ4n) is 4.38. The molecular weight excluding hydrogens is 404 g/mol. The van der Waals surface area contributed by atoms with Crippen LogP contribution in [-0.2, 0) is 20.8 Å². The quantitative estimate of drug-likeness (QED) is 0.704. The van der Waals surface area contributed by atoms with Crippen molar-refractivity contribution in [1.82, 2.24) is 9.80 Å². The fourth-order valence-corrected chi connectivity index (χ4v) is 4.50. The lowest BCUT2D eigenvalue weighted by Gasteiger charge is -2.48. The van der Waals surface area contributed by atoms with E-state index in [0.29, 0.717) is 37.0 Å². The highest BCUT2D eigenvalue weighted by Gasteiger charge is 2.38. The van der Waals surface area contributed by atoms with Gasteiger partial charge in [-0.15, -0.1) is 0 Å². The van der Waals surface area contributed by atoms with Crippen LogP contribution in [0.3, 0.4) is 0 Å². The van der Waals surface area contributed by atoms with Crippen molar-refractivity contribution in [2.24, 2.45) is 5.92 Å². The third-order valence-electron chi connectivity index (χ3n) is 5.68. The molecule has 1 aromatic rings. The Morgan fingerprint density at radius 2 is 2.03 bits per heavy atom. The monoisotopic (exact) mass is 434 g/mol. The Bertz CT molecular complexity index is 817. The van der Waals surface area contributed by atoms with E-state index in [9.17, 15) is 9.90 Å². The van der Waals surface area contributed by atoms with Gasteiger partial charge in [0.2, 0.25) is 0 Å². The van der Waals surface area contributed by atoms with Crippen LogP contribution in [0.4, 0.5) is 0 Å². The Morgan fingerprint density at radius 1 is 1.33 bits per heavy atom. The molecule has 2 aliphatic heterocycles. The normalized spacial score (nSPS) is 23.1. The van der Waals surface area contributed by atoms with Crippen LogP contribution in [-0.4, -0.2) is 66.6 Å². The summed E-state index contributed by atoms with van der Waals surface area (Å²) in [4.78, 5) is 16.8. The molecule has 0 saturated carbocycles. The zero-order chi connectivity index (χ0) is 21.8. The maximum Gasteiger partial charge on any atom is 0.337 e. The number of carboxylic acid groups (broad SMARTS) is 1. The first-order chi connectivity index (χ1) is 14.3. The first kappa shape index (κ1) is 22.8. The number of hydrogen-bond donors (Lipinski definition) is 1. The molecule has 6 nitrogen and oxygen atoms in total. The van der Waals surface area contributed by atoms with Crippen molar-refractivity contribution in [2.45, 2.75) is 39.5 Å². The molecule has 0 radical (unpaired) electrons. The summed E-state index contributed by atoms with van der Waals surface area (Å²) in [6, 6.07) is 7.83. The summed E-state index contributed by atoms with van der Waals surface area (Å²) in [6.45, 7) is 9.14. The zero-order valence-electron chi connectivity index (χ0n) is 18.1. The van der Waals surface area contributed by atoms with Gasteiger partial charge in [-0.1, -0.05) is 37.6 Å². The number of halogens is 1. The van der Waals surface area contributed by atoms with Crippen molar-refractivity contribution in [1.29, 1.82) is 0 Å². The molecule has 1 aromatic carbocycles. The average Bonchev–Trinajstić information content (AvgIpc) is 2.70. The Morgan fingerprint density at radius 3 is 2.63 bits per heavy atom. The van der Waals surface area contributed by atoms with Gasteiger partial charge in [0, 0.05) is 30.9 Å². The summed E-state index contributed by atoms with van der Waals surface area (Å²) >= 11 is 6.08. The average molecular weight is 435 g/mol. The van der Waals surface area contributed by atoms with Gasteiger partial charge in [0.1, 0.15) is 6.17 Å². The van der Waals surface area contributed by atoms with Crippen molar-refractivity contribution in [3.05, 3.63) is 57.8 Å². The first-order valence-corrected chi connectivity index (χ1v) is 10.7. The first-order valence-electron chi connectivity index (χ1n) is 10.3. The molecule has 2 heterocycles. The second-order valence-electron chi connectivity index (χ2n) is 8.16. The summed E-state index contributed by atoms with van der Waals surface area (Å²) in [7, 11) is 1.70. The number of carboxylic acids is 1. The number of rotatable bonds is 7. The van der Waals surface area contributed by atoms with Gasteiger partial charge in [0.05, 0.1) is 31.4 Å². The van der Waals surface area contributed by atoms with Crippen LogP contribution in [0.5, 0.6) is 0 Å². The smallest absolute Gasteiger partial charge is 0.337 e. The van der Waals surface area contributed by atoms with Crippen molar-refractivity contribution >= 4 is 17.6 Å². The van der Waals surface area contributed by atoms with Crippen LogP contribution in [0.25, 0.3) is 0 Å². The van der Waals surface area contributed by atoms with Gasteiger partial charge in [-0.05, 0) is 42.2 Å². The molecule has 164 valence electrons. The Kier molecular flexibility index (Phi) is 7.58. The number of allylic oxidation sites excluding steroid dienone is 1. The lowest BCUT2D eigenvalue weighted by Crippen LogP contribution is -2.58. The SMILES string of the molecule is COC[C@H]1COCCN1C1C=C(C)C(C(=O)O)=C(C(C)C)N1Cc1ccc(Cl)cc1. The maximum absolute atomic E-state index is 12.2. The van der Waals surface area contributed by atoms with Gasteiger partial charge in [-0.2, -0.15) is 0 Å². The lowest BCUT2D eigenvalue weighted by molar-refractivity contribution is -0.132. The summed E-state index contributed by atoms with van der Waals surface area (Å²) in [6.07, 6.45) is 1.99. The van der Waals surface area contributed by atoms with Crippen molar-refractivity contribution < 1.29 is 19.4 Å². The van der Waals surface area contributed by atoms with Crippen molar-refractivity contribution in [3.63, 3.8) is 0 Å². The van der Waals surface area contributed by atoms with E-state index in [0.717, 1.165) is 23.4 Å². The Labute approximate surface area is 183 Å². The topological polar surface area (TPSA) is 62.2 Å². The molecule has 1 saturated heterocycles. The second-order valence-corrected chi connectivity index (χ2v) is 8.60. The van der Waals surface area contributed by atoms with E-state index in [2.05, 4.69) is 29.7 Å². The van der Waals surface area contributed by atoms with Crippen molar-refractivity contribution in [2.75, 3.05) is 33.5 Å². The predicted octanol–water partition coefficient (Wildman–Crippen LogP) is 3.77. The molecule has 0 spiro atoms. The van der Waals surface area contributed by atoms with Gasteiger partial charge in [0.15, 0.2) is 0 Å². The maximum atomic E-state index is 12.2. The van der Waals surface area contributed by atoms with E-state index in [4.69, 9.17) is 21.1 Å². The molecule has 0 amide bonds. The summed E-state index contributed by atoms with van der Waals surface area (Å²) in [5, 5.41) is 10.7.